The van der Waals surface area contributed by atoms with Crippen LogP contribution in [0.4, 0.5) is 5.69 Å². The molecule has 6 heterocycles. The summed E-state index contributed by atoms with van der Waals surface area (Å²) in [5.74, 6) is 102. The Morgan fingerprint density at radius 2 is 0.676 bits per heavy atom. The lowest BCUT2D eigenvalue weighted by Gasteiger charge is -2.20. The molecule has 1 aliphatic rings. The van der Waals surface area contributed by atoms with E-state index in [0.29, 0.717) is 0 Å². The minimum absolute atomic E-state index is 0. The molecule has 0 unspecified atom stereocenters. The maximum atomic E-state index is 4.99. The van der Waals surface area contributed by atoms with Gasteiger partial charge in [-0.15, -0.1) is 35.5 Å². The summed E-state index contributed by atoms with van der Waals surface area (Å²) in [5.41, 5.74) is 7.05. The van der Waals surface area contributed by atoms with Gasteiger partial charge in [-0.2, -0.15) is 4.57 Å². The first-order valence-electron chi connectivity index (χ1n) is 45.4. The summed E-state index contributed by atoms with van der Waals surface area (Å²) in [6.45, 7) is 15.1. The Morgan fingerprint density at radius 3 is 1.09 bits per heavy atom. The molecule has 0 spiro atoms. The molecule has 0 radical (unpaired) electrons. The third-order valence-corrected chi connectivity index (χ3v) is 27.4. The van der Waals surface area contributed by atoms with Crippen molar-refractivity contribution in [1.82, 2.24) is 9.97 Å². The van der Waals surface area contributed by atoms with E-state index in [1.807, 2.05) is 119 Å². The summed E-state index contributed by atoms with van der Waals surface area (Å²) in [6.07, 6.45) is 50.9. The second kappa shape index (κ2) is 78.1. The van der Waals surface area contributed by atoms with Crippen LogP contribution in [0.3, 0.4) is 0 Å². The van der Waals surface area contributed by atoms with Gasteiger partial charge in [-0.3, -0.25) is 0 Å². The van der Waals surface area contributed by atoms with Crippen LogP contribution in [0.1, 0.15) is 266 Å². The zero-order valence-corrected chi connectivity index (χ0v) is 91.2. The summed E-state index contributed by atoms with van der Waals surface area (Å²) in [7, 11) is 0. The fraction of sp³-hybridized carbons (Fsp3) is 0.285. The normalized spacial score (nSPS) is 9.34. The van der Waals surface area contributed by atoms with Crippen molar-refractivity contribution in [2.45, 2.75) is 222 Å². The zero-order valence-electron chi connectivity index (χ0n) is 80.4. The Hall–Kier alpha value is -12.9. The Kier molecular flexibility index (Phi) is 66.6. The standard InChI is InChI=1S/C51H39N2S2.C30H8NS.C22H36NS2.C8H7NS2.C8H7NS.C3H8.CH3.2HI.44H2/c1-3-5-7-9-11-13-15-17-18-19-20-21-22-23-24-26-28-30-32-38-44-53-47-40-34-36-42-49(47)55-51(53)45-50-52(46-39-33-35-41-48(46)54-50)43-37-31-29-27-25-16-14-12-10-8-6-4-2;1-3-4-5-6-7-8-9-10-11-12-13-14-15-16-17-18-19-20-21-24-27-31-28(2)32-30-26-23-22-25-29(30)31;1-3-4-5-6-7-8-9-10-11-12-13-16-19-23-20-17-14-15-18-21(20)25-22(23)24-2;1-10-8-9-6-4-2-3-5-7(6)11-8;1-6-9-7-4-2-3-5-8(7)10-6;1-3-2;;;;;;;;;;;;;;;;;;;;;;;;;;;;;;;;;;;;;;;;;;;;;;;/h1,33-36,39-42,45H,4,6,8,10,12,14,16,25,27,29,31,37,43H2,2H3;1,22-23,25-26H,2H3;14-15,17-18H,3-13,16,19H2,1-2H3;2-5H,1H3;2-5H,1H3;3H2,1-2H3;1H3;46*1H/q3*+1;;;;-1;;;;;;;;;;;;;;;;;;;;;;;;;;;;;;;;;;;;;;;;;;;;;;/p-2. The fourth-order valence-electron chi connectivity index (χ4n) is 12.8. The van der Waals surface area contributed by atoms with Crippen LogP contribution in [-0.4, -0.2) is 29.0 Å². The number of thioether (sulfide) groups is 3. The topological polar surface area (TPSA) is 40.7 Å². The van der Waals surface area contributed by atoms with E-state index in [1.165, 1.54) is 216 Å². The number of fused-ring (bicyclic) bond motifs is 6. The Morgan fingerprint density at radius 1 is 0.345 bits per heavy atom. The van der Waals surface area contributed by atoms with Crippen molar-refractivity contribution >= 4 is 155 Å². The zero-order chi connectivity index (χ0) is 96.2. The van der Waals surface area contributed by atoms with Gasteiger partial charge in [0, 0.05) is 236 Å². The lowest BCUT2D eigenvalue weighted by Crippen LogP contribution is -3.00. The number of aryl methyl sites for hydroxylation is 3. The largest absolute Gasteiger partial charge is 1.00 e. The number of halogens is 2. The number of nitrogens with zero attached hydrogens (tertiary/aromatic N) is 6. The highest BCUT2D eigenvalue weighted by molar-refractivity contribution is 8.04. The predicted molar refractivity (Wildman–Crippen MR) is 687 cm³/mol. The van der Waals surface area contributed by atoms with Crippen LogP contribution in [0.5, 0.6) is 0 Å². The van der Waals surface area contributed by atoms with Crippen molar-refractivity contribution in [3.8, 4) is 262 Å². The summed E-state index contributed by atoms with van der Waals surface area (Å²) < 4.78 is 15.4. The lowest BCUT2D eigenvalue weighted by molar-refractivity contribution is -0.702. The molecule has 0 atom stereocenters. The Labute approximate surface area is 963 Å². The molecule has 139 heavy (non-hydrogen) atoms. The number of thiazole rings is 5. The monoisotopic (exact) mass is 2270 g/mol. The first-order chi connectivity index (χ1) is 67.2. The summed E-state index contributed by atoms with van der Waals surface area (Å²) in [5, 5.41) is 4.51. The average molecular weight is 2270 g/mol. The van der Waals surface area contributed by atoms with Crippen LogP contribution in [0.25, 0.3) is 57.2 Å². The molecule has 0 saturated carbocycles. The van der Waals surface area contributed by atoms with Gasteiger partial charge >= 0.3 is 0 Å². The van der Waals surface area contributed by atoms with Crippen molar-refractivity contribution in [3.63, 3.8) is 0 Å². The number of hydrogen-bond donors (Lipinski definition) is 0. The molecule has 11 aromatic rings. The third kappa shape index (κ3) is 48.8. The number of para-hydroxylation sites is 6. The van der Waals surface area contributed by atoms with Crippen LogP contribution in [0, 0.1) is 283 Å². The second-order valence-electron chi connectivity index (χ2n) is 29.2. The third-order valence-electron chi connectivity index (χ3n) is 18.9. The summed E-state index contributed by atoms with van der Waals surface area (Å²) in [4.78, 5) is 12.5. The summed E-state index contributed by atoms with van der Waals surface area (Å²) in [6, 6.07) is 56.6. The molecule has 780 valence electrons. The van der Waals surface area contributed by atoms with Gasteiger partial charge in [0.2, 0.25) is 28.6 Å². The number of terminal acetylenes is 2. The maximum Gasteiger partial charge on any atom is 0.298 e. The number of aromatic nitrogens is 5. The molecule has 0 fully saturated rings. The van der Waals surface area contributed by atoms with E-state index >= 15 is 0 Å². The molecule has 0 saturated heterocycles. The smallest absolute Gasteiger partial charge is 0.298 e. The SMILES string of the molecule is C#CC#CC#CC#CC#CC#CC#CC#CC#CC#CC#C[n+]1c(/C=C2\Sc3ccccc3N2CCCCCCCCCCCCCC)sc2ccccc21.C#CC#CC#CC#CC#CC#CC#CC#CC#CC#CC#C[n+]1c(C)sc2ccccc21.CCC.CCCCCCCCCCCCCC[n+]1c(SC)sc2ccccc21.CSc1nc2ccccc2s1.Cc1nc2ccccc2s1.[CH3-].[HH].[HH].[HH].[HH].[HH].[HH].[HH].[HH].[HH].[HH].[HH].[HH].[HH].[HH].[HH].[HH].[HH].[HH].[HH].[HH].[HH].[HH].[HH].[HH].[HH].[HH].[HH].[HH].[HH].[HH].[HH].[HH].[HH].[HH].[HH].[HH].[HH].[HH].[HH].[HH].[HH].[HH].[HH].[HH].[I-].[I-]. The molecule has 6 nitrogen and oxygen atoms in total. The molecule has 5 aromatic heterocycles. The van der Waals surface area contributed by atoms with E-state index in [4.69, 9.17) is 12.8 Å². The van der Waals surface area contributed by atoms with Crippen molar-refractivity contribution in [1.29, 1.82) is 0 Å². The Balaban J connectivity index is -0.0000000357. The number of hydrogen-bond acceptors (Lipinski definition) is 11. The van der Waals surface area contributed by atoms with E-state index in [9.17, 15) is 0 Å². The van der Waals surface area contributed by atoms with Crippen molar-refractivity contribution < 1.29 is 124 Å². The molecular formula is C123H196I2N6S8. The minimum atomic E-state index is 0. The highest BCUT2D eigenvalue weighted by Gasteiger charge is 2.28. The maximum absolute atomic E-state index is 4.99. The van der Waals surface area contributed by atoms with Gasteiger partial charge in [-0.05, 0) is 193 Å². The van der Waals surface area contributed by atoms with E-state index in [0.717, 1.165) is 48.0 Å². The second-order valence-corrected chi connectivity index (χ2v) is 37.9. The molecule has 0 N–H and O–H groups in total. The Bertz CT molecular complexity index is 7490. The van der Waals surface area contributed by atoms with Crippen LogP contribution >= 0.6 is 92.0 Å². The number of unbranched alkanes of at least 4 members (excludes halogenated alkanes) is 22. The lowest BCUT2D eigenvalue weighted by atomic mass is 10.1. The van der Waals surface area contributed by atoms with Gasteiger partial charge in [-0.1, -0.05) is 308 Å². The molecule has 0 amide bonds. The van der Waals surface area contributed by atoms with Crippen molar-refractivity contribution in [2.24, 2.45) is 0 Å². The first-order valence-corrected chi connectivity index (χ1v) is 52.7. The van der Waals surface area contributed by atoms with Crippen molar-refractivity contribution in [2.75, 3.05) is 24.0 Å². The first kappa shape index (κ1) is 118. The van der Waals surface area contributed by atoms with Gasteiger partial charge in [0.1, 0.15) is 14.1 Å². The van der Waals surface area contributed by atoms with Gasteiger partial charge < -0.3 is 60.3 Å². The summed E-state index contributed by atoms with van der Waals surface area (Å²) >= 11 is 14.3. The number of rotatable bonds is 29. The number of benzene rings is 6. The van der Waals surface area contributed by atoms with Crippen LogP contribution in [-0.2, 0) is 6.54 Å². The van der Waals surface area contributed by atoms with E-state index in [1.54, 1.807) is 57.1 Å². The quantitative estimate of drug-likeness (QED) is 0.0116. The van der Waals surface area contributed by atoms with Gasteiger partial charge in [0.15, 0.2) is 10.9 Å². The fourth-order valence-corrected chi connectivity index (χ4v) is 20.2. The molecule has 0 bridgehead atoms. The highest BCUT2D eigenvalue weighted by Crippen LogP contribution is 2.47. The van der Waals surface area contributed by atoms with Crippen molar-refractivity contribution in [3.05, 3.63) is 173 Å². The molecule has 1 aliphatic heterocycles. The van der Waals surface area contributed by atoms with Gasteiger partial charge in [0.05, 0.1) is 54.1 Å². The van der Waals surface area contributed by atoms with Gasteiger partial charge in [-0.25, -0.2) is 9.97 Å². The molecule has 6 aromatic carbocycles. The van der Waals surface area contributed by atoms with Gasteiger partial charge in [0.25, 0.3) is 14.4 Å². The minimum Gasteiger partial charge on any atom is -1.00 e. The molecule has 0 aliphatic carbocycles. The van der Waals surface area contributed by atoms with E-state index < -0.39 is 0 Å². The average Bonchev–Trinajstić information content (AvgIpc) is 1.62. The number of anilines is 1. The molecule has 16 heteroatoms. The highest BCUT2D eigenvalue weighted by atomic mass is 127. The molecule has 12 rings (SSSR count). The van der Waals surface area contributed by atoms with Crippen LogP contribution in [0.15, 0.2) is 164 Å². The van der Waals surface area contributed by atoms with Crippen LogP contribution in [0.2, 0.25) is 0 Å². The van der Waals surface area contributed by atoms with E-state index in [-0.39, 0.29) is 118 Å². The predicted octanol–water partition coefficient (Wildman–Crippen LogP) is 31.2. The van der Waals surface area contributed by atoms with Crippen LogP contribution < -0.4 is 66.6 Å². The van der Waals surface area contributed by atoms with E-state index in [2.05, 4.69) is 400 Å². The molecular weight excluding hydrogens is 2070 g/mol.